The molecule has 6 nitrogen and oxygen atoms in total. The molecule has 1 unspecified atom stereocenters. The van der Waals surface area contributed by atoms with Crippen LogP contribution < -0.4 is 4.74 Å². The Hall–Kier alpha value is -3.39. The number of benzene rings is 3. The molecule has 0 aromatic heterocycles. The van der Waals surface area contributed by atoms with E-state index in [-0.39, 0.29) is 35.7 Å². The number of ether oxygens (including phenoxy) is 2. The summed E-state index contributed by atoms with van der Waals surface area (Å²) in [6.07, 6.45) is -0.420. The van der Waals surface area contributed by atoms with Gasteiger partial charge in [-0.3, -0.25) is 4.79 Å². The van der Waals surface area contributed by atoms with Gasteiger partial charge in [-0.15, -0.1) is 0 Å². The smallest absolute Gasteiger partial charge is 0.410 e. The van der Waals surface area contributed by atoms with Crippen molar-refractivity contribution in [3.63, 3.8) is 0 Å². The number of halogens is 2. The van der Waals surface area contributed by atoms with Crippen LogP contribution in [0.2, 0.25) is 0 Å². The zero-order valence-corrected chi connectivity index (χ0v) is 25.4. The normalized spacial score (nSPS) is 16.1. The molecule has 4 rings (SSSR count). The number of hydrogen-bond acceptors (Lipinski definition) is 4. The van der Waals surface area contributed by atoms with E-state index in [2.05, 4.69) is 48.8 Å². The van der Waals surface area contributed by atoms with Crippen LogP contribution in [0.4, 0.5) is 9.18 Å². The van der Waals surface area contributed by atoms with Crippen LogP contribution in [0.1, 0.15) is 69.1 Å². The van der Waals surface area contributed by atoms with Gasteiger partial charge in [0.1, 0.15) is 11.4 Å². The van der Waals surface area contributed by atoms with Crippen LogP contribution in [0.5, 0.6) is 11.5 Å². The average molecular weight is 612 g/mol. The van der Waals surface area contributed by atoms with Crippen LogP contribution in [0.15, 0.2) is 71.2 Å². The minimum absolute atomic E-state index is 0.0270. The summed E-state index contributed by atoms with van der Waals surface area (Å²) in [5, 5.41) is 0. The summed E-state index contributed by atoms with van der Waals surface area (Å²) >= 11 is 3.37. The molecule has 0 radical (unpaired) electrons. The molecule has 1 saturated heterocycles. The molecule has 0 aliphatic carbocycles. The highest BCUT2D eigenvalue weighted by Gasteiger charge is 2.36. The summed E-state index contributed by atoms with van der Waals surface area (Å²) in [5.41, 5.74) is 1.61. The molecule has 2 amide bonds. The summed E-state index contributed by atoms with van der Waals surface area (Å²) in [5.74, 6) is -0.434. The number of hydrogen-bond donors (Lipinski definition) is 0. The lowest BCUT2D eigenvalue weighted by molar-refractivity contribution is 0.00407. The van der Waals surface area contributed by atoms with Crippen LogP contribution in [0.3, 0.4) is 0 Å². The van der Waals surface area contributed by atoms with Crippen LogP contribution >= 0.6 is 15.9 Å². The van der Waals surface area contributed by atoms with E-state index in [1.807, 2.05) is 32.9 Å². The number of carbonyl (C=O) groups excluding carboxylic acids is 2. The molecule has 1 aliphatic heterocycles. The molecule has 8 heteroatoms. The van der Waals surface area contributed by atoms with Crippen LogP contribution in [0, 0.1) is 5.82 Å². The van der Waals surface area contributed by atoms with E-state index in [1.54, 1.807) is 40.1 Å². The Morgan fingerprint density at radius 1 is 0.900 bits per heavy atom. The molecule has 212 valence electrons. The summed E-state index contributed by atoms with van der Waals surface area (Å²) in [6.45, 7) is 12.8. The molecular weight excluding hydrogens is 575 g/mol. The van der Waals surface area contributed by atoms with Crippen molar-refractivity contribution in [3.8, 4) is 11.5 Å². The molecule has 1 heterocycles. The van der Waals surface area contributed by atoms with Gasteiger partial charge in [0.25, 0.3) is 5.91 Å². The van der Waals surface area contributed by atoms with Crippen molar-refractivity contribution < 1.29 is 23.5 Å². The van der Waals surface area contributed by atoms with E-state index in [0.717, 1.165) is 15.6 Å². The van der Waals surface area contributed by atoms with Gasteiger partial charge in [0, 0.05) is 29.7 Å². The SMILES string of the molecule is CC(C)(C)OC(=O)N1CCN(C(=O)c2ccc(Oc3ccc(Br)cc3)c(F)c2)C(c2ccc(C(C)(C)C)cc2)C1. The molecule has 1 aliphatic rings. The third kappa shape index (κ3) is 7.22. The fourth-order valence-corrected chi connectivity index (χ4v) is 4.79. The van der Waals surface area contributed by atoms with Crippen molar-refractivity contribution in [3.05, 3.63) is 93.7 Å². The Labute approximate surface area is 244 Å². The maximum absolute atomic E-state index is 15.1. The fraction of sp³-hybridized carbons (Fsp3) is 0.375. The number of amides is 2. The second kappa shape index (κ2) is 11.6. The van der Waals surface area contributed by atoms with Gasteiger partial charge in [0.2, 0.25) is 0 Å². The van der Waals surface area contributed by atoms with E-state index in [9.17, 15) is 9.59 Å². The molecule has 0 N–H and O–H groups in total. The predicted octanol–water partition coefficient (Wildman–Crippen LogP) is 8.11. The fourth-order valence-electron chi connectivity index (χ4n) is 4.52. The molecule has 40 heavy (non-hydrogen) atoms. The van der Waals surface area contributed by atoms with Crippen molar-refractivity contribution in [1.29, 1.82) is 0 Å². The van der Waals surface area contributed by atoms with E-state index in [0.29, 0.717) is 12.3 Å². The summed E-state index contributed by atoms with van der Waals surface area (Å²) in [7, 11) is 0. The predicted molar refractivity (Wildman–Crippen MR) is 157 cm³/mol. The molecular formula is C32H36BrFN2O4. The first-order valence-corrected chi connectivity index (χ1v) is 14.1. The van der Waals surface area contributed by atoms with Crippen molar-refractivity contribution in [2.75, 3.05) is 19.6 Å². The third-order valence-corrected chi connectivity index (χ3v) is 7.20. The molecule has 1 fully saturated rings. The third-order valence-electron chi connectivity index (χ3n) is 6.67. The van der Waals surface area contributed by atoms with Gasteiger partial charge in [-0.25, -0.2) is 9.18 Å². The standard InChI is InChI=1S/C32H36BrFN2O4/c1-31(2,3)23-10-7-21(8-11-23)27-20-35(30(38)40-32(4,5)6)17-18-36(27)29(37)22-9-16-28(26(34)19-22)39-25-14-12-24(33)13-15-25/h7-16,19,27H,17-18,20H2,1-6H3. The molecule has 0 saturated carbocycles. The van der Waals surface area contributed by atoms with Crippen molar-refractivity contribution >= 4 is 27.9 Å². The molecule has 3 aromatic carbocycles. The van der Waals surface area contributed by atoms with Gasteiger partial charge in [-0.05, 0) is 79.8 Å². The topological polar surface area (TPSA) is 59.1 Å². The van der Waals surface area contributed by atoms with Gasteiger partial charge in [0.15, 0.2) is 11.6 Å². The van der Waals surface area contributed by atoms with Gasteiger partial charge in [0.05, 0.1) is 6.04 Å². The first-order chi connectivity index (χ1) is 18.7. The maximum atomic E-state index is 15.1. The number of nitrogens with zero attached hydrogens (tertiary/aromatic N) is 2. The molecule has 0 spiro atoms. The highest BCUT2D eigenvalue weighted by molar-refractivity contribution is 9.10. The molecule has 1 atom stereocenters. The van der Waals surface area contributed by atoms with Gasteiger partial charge < -0.3 is 19.3 Å². The van der Waals surface area contributed by atoms with Gasteiger partial charge in [-0.1, -0.05) is 61.0 Å². The maximum Gasteiger partial charge on any atom is 0.410 e. The van der Waals surface area contributed by atoms with E-state index in [4.69, 9.17) is 9.47 Å². The van der Waals surface area contributed by atoms with Crippen molar-refractivity contribution in [2.24, 2.45) is 0 Å². The summed E-state index contributed by atoms with van der Waals surface area (Å²) in [4.78, 5) is 30.0. The van der Waals surface area contributed by atoms with E-state index >= 15 is 4.39 Å². The number of carbonyl (C=O) groups is 2. The number of piperazine rings is 1. The lowest BCUT2D eigenvalue weighted by atomic mass is 9.86. The zero-order valence-electron chi connectivity index (χ0n) is 23.8. The monoisotopic (exact) mass is 610 g/mol. The van der Waals surface area contributed by atoms with Crippen molar-refractivity contribution in [2.45, 2.75) is 58.6 Å². The Morgan fingerprint density at radius 2 is 1.55 bits per heavy atom. The molecule has 3 aromatic rings. The second-order valence-corrected chi connectivity index (χ2v) is 12.9. The first kappa shape index (κ1) is 29.6. The lowest BCUT2D eigenvalue weighted by Gasteiger charge is -2.42. The second-order valence-electron chi connectivity index (χ2n) is 12.0. The van der Waals surface area contributed by atoms with Crippen LogP contribution in [0.25, 0.3) is 0 Å². The Bertz CT molecular complexity index is 1360. The Kier molecular flexibility index (Phi) is 8.59. The summed E-state index contributed by atoms with van der Waals surface area (Å²) in [6, 6.07) is 19.0. The van der Waals surface area contributed by atoms with Crippen LogP contribution in [-0.4, -0.2) is 47.0 Å². The van der Waals surface area contributed by atoms with Crippen molar-refractivity contribution in [1.82, 2.24) is 9.80 Å². The number of rotatable bonds is 4. The minimum Gasteiger partial charge on any atom is -0.454 e. The highest BCUT2D eigenvalue weighted by atomic mass is 79.9. The van der Waals surface area contributed by atoms with Crippen LogP contribution in [-0.2, 0) is 10.2 Å². The summed E-state index contributed by atoms with van der Waals surface area (Å²) < 4.78 is 27.2. The lowest BCUT2D eigenvalue weighted by Crippen LogP contribution is -2.53. The zero-order chi connectivity index (χ0) is 29.2. The minimum atomic E-state index is -0.633. The first-order valence-electron chi connectivity index (χ1n) is 13.3. The average Bonchev–Trinajstić information content (AvgIpc) is 2.89. The Balaban J connectivity index is 1.60. The highest BCUT2D eigenvalue weighted by Crippen LogP contribution is 2.32. The van der Waals surface area contributed by atoms with Gasteiger partial charge >= 0.3 is 6.09 Å². The van der Waals surface area contributed by atoms with Gasteiger partial charge in [-0.2, -0.15) is 0 Å². The van der Waals surface area contributed by atoms with E-state index in [1.165, 1.54) is 12.1 Å². The quantitative estimate of drug-likeness (QED) is 0.299. The Morgan fingerprint density at radius 3 is 2.12 bits per heavy atom. The van der Waals surface area contributed by atoms with E-state index < -0.39 is 23.6 Å². The molecule has 0 bridgehead atoms. The largest absolute Gasteiger partial charge is 0.454 e.